The number of aromatic nitrogens is 2. The third-order valence-corrected chi connectivity index (χ3v) is 4.48. The molecule has 3 aromatic rings. The standard InChI is InChI=1S/C17H15F2N3O4S/c18-16(19)25-12-5-3-11(4-6-12)7-8-20-14(23)10-22-15(21-26-17(22)24)13-2-1-9-27-13/h1-6,9,16H,7-8,10H2,(H,20,23). The molecule has 0 saturated heterocycles. The Morgan fingerprint density at radius 3 is 2.74 bits per heavy atom. The van der Waals surface area contributed by atoms with E-state index in [-0.39, 0.29) is 18.2 Å². The molecule has 0 bridgehead atoms. The number of halogens is 2. The summed E-state index contributed by atoms with van der Waals surface area (Å²) in [6, 6.07) is 9.74. The predicted octanol–water partition coefficient (Wildman–Crippen LogP) is 2.53. The molecule has 0 saturated carbocycles. The Morgan fingerprint density at radius 2 is 2.07 bits per heavy atom. The van der Waals surface area contributed by atoms with Crippen LogP contribution in [0.1, 0.15) is 5.56 Å². The molecule has 0 fully saturated rings. The molecule has 3 rings (SSSR count). The van der Waals surface area contributed by atoms with Crippen molar-refractivity contribution in [2.24, 2.45) is 0 Å². The normalized spacial score (nSPS) is 10.9. The molecule has 0 radical (unpaired) electrons. The van der Waals surface area contributed by atoms with Gasteiger partial charge >= 0.3 is 12.4 Å². The van der Waals surface area contributed by atoms with Crippen LogP contribution in [0.5, 0.6) is 5.75 Å². The number of hydrogen-bond donors (Lipinski definition) is 1. The van der Waals surface area contributed by atoms with E-state index in [1.54, 1.807) is 24.3 Å². The van der Waals surface area contributed by atoms with Gasteiger partial charge in [0.25, 0.3) is 0 Å². The van der Waals surface area contributed by atoms with Gasteiger partial charge in [0, 0.05) is 6.54 Å². The fraction of sp³-hybridized carbons (Fsp3) is 0.235. The number of ether oxygens (including phenoxy) is 1. The summed E-state index contributed by atoms with van der Waals surface area (Å²) < 4.78 is 34.3. The van der Waals surface area contributed by atoms with Crippen molar-refractivity contribution in [1.29, 1.82) is 0 Å². The topological polar surface area (TPSA) is 86.4 Å². The maximum Gasteiger partial charge on any atom is 0.442 e. The van der Waals surface area contributed by atoms with Crippen molar-refractivity contribution < 1.29 is 22.8 Å². The third kappa shape index (κ3) is 5.00. The lowest BCUT2D eigenvalue weighted by atomic mass is 10.1. The van der Waals surface area contributed by atoms with Gasteiger partial charge < -0.3 is 10.1 Å². The average Bonchev–Trinajstić information content (AvgIpc) is 3.27. The number of rotatable bonds is 8. The Balaban J connectivity index is 1.52. The van der Waals surface area contributed by atoms with Crippen molar-refractivity contribution >= 4 is 17.2 Å². The van der Waals surface area contributed by atoms with Crippen LogP contribution in [0.15, 0.2) is 51.1 Å². The summed E-state index contributed by atoms with van der Waals surface area (Å²) in [5.41, 5.74) is 0.846. The van der Waals surface area contributed by atoms with Gasteiger partial charge in [-0.05, 0) is 35.6 Å². The second kappa shape index (κ2) is 8.58. The number of carbonyl (C=O) groups excluding carboxylic acids is 1. The molecule has 2 heterocycles. The summed E-state index contributed by atoms with van der Waals surface area (Å²) in [6.45, 7) is -2.76. The number of thiophene rings is 1. The van der Waals surface area contributed by atoms with Crippen molar-refractivity contribution in [1.82, 2.24) is 15.0 Å². The second-order valence-corrected chi connectivity index (χ2v) is 6.41. The van der Waals surface area contributed by atoms with Gasteiger partial charge in [-0.25, -0.2) is 9.36 Å². The van der Waals surface area contributed by atoms with Gasteiger partial charge in [-0.2, -0.15) is 8.78 Å². The Hall–Kier alpha value is -3.01. The molecule has 7 nitrogen and oxygen atoms in total. The van der Waals surface area contributed by atoms with Gasteiger partial charge in [0.1, 0.15) is 12.3 Å². The van der Waals surface area contributed by atoms with E-state index in [1.165, 1.54) is 23.5 Å². The monoisotopic (exact) mass is 395 g/mol. The van der Waals surface area contributed by atoms with Crippen molar-refractivity contribution in [2.45, 2.75) is 19.6 Å². The predicted molar refractivity (Wildman–Crippen MR) is 93.9 cm³/mol. The Labute approximate surface area is 156 Å². The van der Waals surface area contributed by atoms with Crippen LogP contribution in [0.2, 0.25) is 0 Å². The molecule has 1 amide bonds. The van der Waals surface area contributed by atoms with Crippen molar-refractivity contribution in [2.75, 3.05) is 6.54 Å². The van der Waals surface area contributed by atoms with Crippen LogP contribution in [-0.2, 0) is 17.8 Å². The molecule has 0 aliphatic carbocycles. The zero-order valence-corrected chi connectivity index (χ0v) is 14.7. The van der Waals surface area contributed by atoms with Crippen LogP contribution in [-0.4, -0.2) is 28.8 Å². The van der Waals surface area contributed by atoms with E-state index in [9.17, 15) is 18.4 Å². The molecule has 1 aromatic carbocycles. The first-order chi connectivity index (χ1) is 13.0. The molecule has 27 heavy (non-hydrogen) atoms. The summed E-state index contributed by atoms with van der Waals surface area (Å²) in [4.78, 5) is 24.6. The van der Waals surface area contributed by atoms with E-state index in [1.807, 2.05) is 5.38 Å². The first-order valence-electron chi connectivity index (χ1n) is 7.94. The molecule has 1 N–H and O–H groups in total. The minimum Gasteiger partial charge on any atom is -0.435 e. The van der Waals surface area contributed by atoms with Crippen LogP contribution >= 0.6 is 11.3 Å². The highest BCUT2D eigenvalue weighted by Crippen LogP contribution is 2.21. The molecular weight excluding hydrogens is 380 g/mol. The first kappa shape index (κ1) is 18.8. The lowest BCUT2D eigenvalue weighted by Crippen LogP contribution is -2.32. The molecule has 142 valence electrons. The SMILES string of the molecule is O=C(Cn1c(-c2cccs2)noc1=O)NCCc1ccc(OC(F)F)cc1. The van der Waals surface area contributed by atoms with E-state index < -0.39 is 12.4 Å². The highest BCUT2D eigenvalue weighted by atomic mass is 32.1. The molecule has 10 heteroatoms. The molecular formula is C17H15F2N3O4S. The Bertz CT molecular complexity index is 936. The second-order valence-electron chi connectivity index (χ2n) is 5.46. The fourth-order valence-corrected chi connectivity index (χ4v) is 3.09. The third-order valence-electron chi connectivity index (χ3n) is 3.61. The van der Waals surface area contributed by atoms with Crippen LogP contribution in [0.25, 0.3) is 10.7 Å². The quantitative estimate of drug-likeness (QED) is 0.633. The zero-order valence-electron chi connectivity index (χ0n) is 13.9. The van der Waals surface area contributed by atoms with Crippen LogP contribution in [0, 0.1) is 0 Å². The van der Waals surface area contributed by atoms with Crippen molar-refractivity contribution in [3.8, 4) is 16.5 Å². The summed E-state index contributed by atoms with van der Waals surface area (Å²) >= 11 is 1.38. The molecule has 0 aliphatic rings. The number of nitrogens with one attached hydrogen (secondary N) is 1. The van der Waals surface area contributed by atoms with Crippen LogP contribution < -0.4 is 15.8 Å². The Kier molecular flexibility index (Phi) is 5.97. The summed E-state index contributed by atoms with van der Waals surface area (Å²) in [5, 5.41) is 8.24. The number of carbonyl (C=O) groups is 1. The molecule has 0 aliphatic heterocycles. The number of alkyl halides is 2. The van der Waals surface area contributed by atoms with Crippen molar-refractivity contribution in [3.05, 3.63) is 57.9 Å². The molecule has 0 atom stereocenters. The van der Waals surface area contributed by atoms with Crippen LogP contribution in [0.3, 0.4) is 0 Å². The number of benzene rings is 1. The van der Waals surface area contributed by atoms with Gasteiger partial charge in [-0.3, -0.25) is 9.32 Å². The van der Waals surface area contributed by atoms with Gasteiger partial charge in [0.05, 0.1) is 4.88 Å². The van der Waals surface area contributed by atoms with E-state index in [0.717, 1.165) is 15.0 Å². The van der Waals surface area contributed by atoms with E-state index in [2.05, 4.69) is 19.7 Å². The maximum atomic E-state index is 12.1. The Morgan fingerprint density at radius 1 is 1.30 bits per heavy atom. The smallest absolute Gasteiger partial charge is 0.435 e. The maximum absolute atomic E-state index is 12.1. The van der Waals surface area contributed by atoms with Gasteiger partial charge in [-0.15, -0.1) is 11.3 Å². The number of amides is 1. The van der Waals surface area contributed by atoms with Crippen LogP contribution in [0.4, 0.5) is 8.78 Å². The molecule has 0 unspecified atom stereocenters. The van der Waals surface area contributed by atoms with Crippen molar-refractivity contribution in [3.63, 3.8) is 0 Å². The summed E-state index contributed by atoms with van der Waals surface area (Å²) in [6.07, 6.45) is 0.497. The first-order valence-corrected chi connectivity index (χ1v) is 8.82. The highest BCUT2D eigenvalue weighted by molar-refractivity contribution is 7.13. The minimum atomic E-state index is -2.87. The minimum absolute atomic E-state index is 0.0747. The summed E-state index contributed by atoms with van der Waals surface area (Å²) in [7, 11) is 0. The van der Waals surface area contributed by atoms with Gasteiger partial charge in [0.15, 0.2) is 5.82 Å². The average molecular weight is 395 g/mol. The van der Waals surface area contributed by atoms with E-state index in [4.69, 9.17) is 0 Å². The van der Waals surface area contributed by atoms with Gasteiger partial charge in [-0.1, -0.05) is 23.4 Å². The van der Waals surface area contributed by atoms with E-state index >= 15 is 0 Å². The zero-order chi connectivity index (χ0) is 19.2. The lowest BCUT2D eigenvalue weighted by Gasteiger charge is -2.08. The molecule has 2 aromatic heterocycles. The van der Waals surface area contributed by atoms with Gasteiger partial charge in [0.2, 0.25) is 5.91 Å². The highest BCUT2D eigenvalue weighted by Gasteiger charge is 2.16. The number of nitrogens with zero attached hydrogens (tertiary/aromatic N) is 2. The molecule has 0 spiro atoms. The largest absolute Gasteiger partial charge is 0.442 e. The number of hydrogen-bond acceptors (Lipinski definition) is 6. The van der Waals surface area contributed by atoms with E-state index in [0.29, 0.717) is 18.8 Å². The lowest BCUT2D eigenvalue weighted by molar-refractivity contribution is -0.121. The fourth-order valence-electron chi connectivity index (χ4n) is 2.37. The summed E-state index contributed by atoms with van der Waals surface area (Å²) in [5.74, 6) is -0.690.